The van der Waals surface area contributed by atoms with Gasteiger partial charge in [-0.25, -0.2) is 26.7 Å². The Morgan fingerprint density at radius 3 is 2.40 bits per heavy atom. The van der Waals surface area contributed by atoms with E-state index < -0.39 is 20.0 Å². The summed E-state index contributed by atoms with van der Waals surface area (Å²) in [6.45, 7) is 0.0504. The van der Waals surface area contributed by atoms with Crippen LogP contribution in [0.25, 0.3) is 0 Å². The van der Waals surface area contributed by atoms with Gasteiger partial charge in [0.1, 0.15) is 4.90 Å². The average molecular weight is 319 g/mol. The molecule has 0 spiro atoms. The molecule has 0 unspecified atom stereocenters. The quantitative estimate of drug-likeness (QED) is 0.644. The van der Waals surface area contributed by atoms with E-state index in [9.17, 15) is 16.8 Å². The van der Waals surface area contributed by atoms with Crippen molar-refractivity contribution >= 4 is 25.7 Å². The SMILES string of the molecule is NS(=O)(=O)CCNc1ccccc1S(=O)(=O)NC1CC1. The van der Waals surface area contributed by atoms with Crippen molar-refractivity contribution < 1.29 is 16.8 Å². The Balaban J connectivity index is 2.13. The first-order chi connectivity index (χ1) is 9.28. The minimum Gasteiger partial charge on any atom is -0.383 e. The fourth-order valence-corrected chi connectivity index (χ4v) is 3.53. The van der Waals surface area contributed by atoms with Gasteiger partial charge in [-0.3, -0.25) is 0 Å². The topological polar surface area (TPSA) is 118 Å². The predicted octanol–water partition coefficient (Wildman–Crippen LogP) is -0.172. The molecule has 1 fully saturated rings. The largest absolute Gasteiger partial charge is 0.383 e. The summed E-state index contributed by atoms with van der Waals surface area (Å²) in [7, 11) is -7.17. The summed E-state index contributed by atoms with van der Waals surface area (Å²) in [5, 5.41) is 7.69. The van der Waals surface area contributed by atoms with Crippen LogP contribution in [0.4, 0.5) is 5.69 Å². The zero-order valence-electron chi connectivity index (χ0n) is 10.7. The second-order valence-corrected chi connectivity index (χ2v) is 8.10. The van der Waals surface area contributed by atoms with Crippen molar-refractivity contribution in [1.82, 2.24) is 4.72 Å². The summed E-state index contributed by atoms with van der Waals surface area (Å²) >= 11 is 0. The van der Waals surface area contributed by atoms with Crippen molar-refractivity contribution in [3.63, 3.8) is 0 Å². The van der Waals surface area contributed by atoms with Crippen LogP contribution in [-0.2, 0) is 20.0 Å². The van der Waals surface area contributed by atoms with Gasteiger partial charge in [-0.2, -0.15) is 0 Å². The molecular formula is C11H17N3O4S2. The minimum atomic E-state index is -3.59. The van der Waals surface area contributed by atoms with Gasteiger partial charge in [0.15, 0.2) is 0 Å². The molecule has 0 aliphatic heterocycles. The lowest BCUT2D eigenvalue weighted by Gasteiger charge is -2.12. The number of hydrogen-bond acceptors (Lipinski definition) is 5. The van der Waals surface area contributed by atoms with Gasteiger partial charge in [0.2, 0.25) is 20.0 Å². The van der Waals surface area contributed by atoms with Crippen LogP contribution in [-0.4, -0.2) is 35.2 Å². The van der Waals surface area contributed by atoms with Crippen molar-refractivity contribution in [3.8, 4) is 0 Å². The van der Waals surface area contributed by atoms with E-state index in [1.165, 1.54) is 6.07 Å². The number of hydrogen-bond donors (Lipinski definition) is 3. The van der Waals surface area contributed by atoms with E-state index in [0.717, 1.165) is 12.8 Å². The standard InChI is InChI=1S/C11H17N3O4S2/c12-19(15,16)8-7-13-10-3-1-2-4-11(10)20(17,18)14-9-5-6-9/h1-4,9,13-14H,5-8H2,(H2,12,15,16). The lowest BCUT2D eigenvalue weighted by Crippen LogP contribution is -2.27. The number of sulfonamides is 2. The maximum Gasteiger partial charge on any atom is 0.242 e. The monoisotopic (exact) mass is 319 g/mol. The zero-order valence-corrected chi connectivity index (χ0v) is 12.4. The first-order valence-electron chi connectivity index (χ1n) is 6.14. The second-order valence-electron chi connectivity index (χ2n) is 4.69. The summed E-state index contributed by atoms with van der Waals surface area (Å²) in [5.41, 5.74) is 0.365. The third-order valence-electron chi connectivity index (χ3n) is 2.78. The molecule has 0 aromatic heterocycles. The van der Waals surface area contributed by atoms with Crippen LogP contribution in [0.3, 0.4) is 0 Å². The lowest BCUT2D eigenvalue weighted by molar-refractivity contribution is 0.581. The van der Waals surface area contributed by atoms with E-state index in [1.807, 2.05) is 0 Å². The van der Waals surface area contributed by atoms with Gasteiger partial charge in [-0.15, -0.1) is 0 Å². The Bertz CT molecular complexity index is 681. The molecule has 0 heterocycles. The summed E-state index contributed by atoms with van der Waals surface area (Å²) < 4.78 is 48.7. The van der Waals surface area contributed by atoms with Crippen molar-refractivity contribution in [2.24, 2.45) is 5.14 Å². The van der Waals surface area contributed by atoms with Gasteiger partial charge in [0, 0.05) is 12.6 Å². The van der Waals surface area contributed by atoms with Crippen molar-refractivity contribution in [1.29, 1.82) is 0 Å². The van der Waals surface area contributed by atoms with E-state index >= 15 is 0 Å². The molecule has 1 saturated carbocycles. The van der Waals surface area contributed by atoms with Crippen LogP contribution >= 0.6 is 0 Å². The molecular weight excluding hydrogens is 302 g/mol. The van der Waals surface area contributed by atoms with Crippen LogP contribution in [0.1, 0.15) is 12.8 Å². The van der Waals surface area contributed by atoms with Gasteiger partial charge in [0.25, 0.3) is 0 Å². The molecule has 4 N–H and O–H groups in total. The number of rotatable bonds is 7. The van der Waals surface area contributed by atoms with E-state index in [0.29, 0.717) is 5.69 Å². The van der Waals surface area contributed by atoms with Gasteiger partial charge in [-0.1, -0.05) is 12.1 Å². The fraction of sp³-hybridized carbons (Fsp3) is 0.455. The van der Waals surface area contributed by atoms with Crippen LogP contribution < -0.4 is 15.2 Å². The lowest BCUT2D eigenvalue weighted by atomic mass is 10.3. The van der Waals surface area contributed by atoms with E-state index in [4.69, 9.17) is 5.14 Å². The third kappa shape index (κ3) is 4.44. The van der Waals surface area contributed by atoms with E-state index in [1.54, 1.807) is 18.2 Å². The molecule has 0 bridgehead atoms. The zero-order chi connectivity index (χ0) is 14.8. The number of anilines is 1. The molecule has 0 saturated heterocycles. The molecule has 1 aliphatic carbocycles. The normalized spacial score (nSPS) is 16.1. The highest BCUT2D eigenvalue weighted by Gasteiger charge is 2.29. The highest BCUT2D eigenvalue weighted by molar-refractivity contribution is 7.89. The molecule has 0 radical (unpaired) electrons. The molecule has 7 nitrogen and oxygen atoms in total. The smallest absolute Gasteiger partial charge is 0.242 e. The Hall–Kier alpha value is -1.16. The summed E-state index contributed by atoms with van der Waals surface area (Å²) in [6.07, 6.45) is 1.69. The maximum atomic E-state index is 12.2. The molecule has 112 valence electrons. The Morgan fingerprint density at radius 1 is 1.15 bits per heavy atom. The number of para-hydroxylation sites is 1. The van der Waals surface area contributed by atoms with Gasteiger partial charge in [0.05, 0.1) is 11.4 Å². The summed E-state index contributed by atoms with van der Waals surface area (Å²) in [4.78, 5) is 0.112. The third-order valence-corrected chi connectivity index (χ3v) is 5.13. The number of nitrogens with two attached hydrogens (primary N) is 1. The molecule has 0 amide bonds. The molecule has 9 heteroatoms. The van der Waals surface area contributed by atoms with Gasteiger partial charge < -0.3 is 5.32 Å². The fourth-order valence-electron chi connectivity index (χ4n) is 1.66. The van der Waals surface area contributed by atoms with Crippen molar-refractivity contribution in [3.05, 3.63) is 24.3 Å². The van der Waals surface area contributed by atoms with Crippen LogP contribution in [0.5, 0.6) is 0 Å². The Labute approximate surface area is 118 Å². The van der Waals surface area contributed by atoms with Gasteiger partial charge in [-0.05, 0) is 25.0 Å². The Morgan fingerprint density at radius 2 is 1.80 bits per heavy atom. The minimum absolute atomic E-state index is 0.0116. The highest BCUT2D eigenvalue weighted by atomic mass is 32.2. The van der Waals surface area contributed by atoms with E-state index in [-0.39, 0.29) is 23.2 Å². The summed E-state index contributed by atoms with van der Waals surface area (Å²) in [6, 6.07) is 6.37. The molecule has 1 aliphatic rings. The highest BCUT2D eigenvalue weighted by Crippen LogP contribution is 2.25. The molecule has 0 atom stereocenters. The predicted molar refractivity (Wildman–Crippen MR) is 76.2 cm³/mol. The van der Waals surface area contributed by atoms with Crippen LogP contribution in [0, 0.1) is 0 Å². The van der Waals surface area contributed by atoms with E-state index in [2.05, 4.69) is 10.0 Å². The number of primary sulfonamides is 1. The van der Waals surface area contributed by atoms with Crippen molar-refractivity contribution in [2.45, 2.75) is 23.8 Å². The molecule has 1 aromatic carbocycles. The number of benzene rings is 1. The first-order valence-corrected chi connectivity index (χ1v) is 9.33. The molecule has 1 aromatic rings. The number of nitrogens with one attached hydrogen (secondary N) is 2. The second kappa shape index (κ2) is 5.68. The molecule has 2 rings (SSSR count). The summed E-state index contributed by atoms with van der Waals surface area (Å²) in [5.74, 6) is -0.266. The van der Waals surface area contributed by atoms with Crippen LogP contribution in [0.2, 0.25) is 0 Å². The Kier molecular flexibility index (Phi) is 4.33. The molecule has 20 heavy (non-hydrogen) atoms. The average Bonchev–Trinajstić information content (AvgIpc) is 3.11. The van der Waals surface area contributed by atoms with Gasteiger partial charge >= 0.3 is 0 Å². The first kappa shape index (κ1) is 15.2. The van der Waals surface area contributed by atoms with Crippen molar-refractivity contribution in [2.75, 3.05) is 17.6 Å². The maximum absolute atomic E-state index is 12.2. The van der Waals surface area contributed by atoms with Crippen LogP contribution in [0.15, 0.2) is 29.2 Å².